The second kappa shape index (κ2) is 9.05. The summed E-state index contributed by atoms with van der Waals surface area (Å²) in [6.07, 6.45) is 1.87. The molecule has 1 fully saturated rings. The zero-order valence-electron chi connectivity index (χ0n) is 15.0. The number of ether oxygens (including phenoxy) is 3. The first-order valence-corrected chi connectivity index (χ1v) is 9.32. The smallest absolute Gasteiger partial charge is 0.241 e. The summed E-state index contributed by atoms with van der Waals surface area (Å²) in [5, 5.41) is 3.35. The first kappa shape index (κ1) is 22.0. The average molecular weight is 395 g/mol. The first-order valence-electron chi connectivity index (χ1n) is 7.84. The largest absolute Gasteiger partial charge is 0.493 e. The second-order valence-electron chi connectivity index (χ2n) is 6.04. The molecule has 0 amide bonds. The molecule has 1 aliphatic heterocycles. The highest BCUT2D eigenvalue weighted by Gasteiger charge is 2.35. The maximum Gasteiger partial charge on any atom is 0.241 e. The Morgan fingerprint density at radius 2 is 1.84 bits per heavy atom. The highest BCUT2D eigenvalue weighted by molar-refractivity contribution is 7.89. The van der Waals surface area contributed by atoms with Crippen LogP contribution in [-0.4, -0.2) is 55.0 Å². The molecule has 7 nitrogen and oxygen atoms in total. The number of sulfonamides is 1. The quantitative estimate of drug-likeness (QED) is 0.694. The van der Waals surface area contributed by atoms with E-state index in [9.17, 15) is 8.42 Å². The number of methoxy groups -OCH3 is 3. The molecule has 0 radical (unpaired) electrons. The highest BCUT2D eigenvalue weighted by atomic mass is 35.5. The SMILES string of the molecule is COCC1(CNS(=O)(=O)c2cc(OC)c(OC)cc2C)CCCN1.Cl. The first-order chi connectivity index (χ1) is 11.4. The van der Waals surface area contributed by atoms with Crippen molar-refractivity contribution in [2.75, 3.05) is 41.0 Å². The summed E-state index contributed by atoms with van der Waals surface area (Å²) in [4.78, 5) is 0.186. The molecule has 9 heteroatoms. The second-order valence-corrected chi connectivity index (χ2v) is 7.78. The molecule has 1 aromatic carbocycles. The van der Waals surface area contributed by atoms with E-state index in [0.29, 0.717) is 23.7 Å². The molecular formula is C16H27ClN2O5S. The Bertz CT molecular complexity index is 675. The molecular weight excluding hydrogens is 368 g/mol. The van der Waals surface area contributed by atoms with Crippen LogP contribution in [0.1, 0.15) is 18.4 Å². The van der Waals surface area contributed by atoms with Crippen molar-refractivity contribution in [2.45, 2.75) is 30.2 Å². The van der Waals surface area contributed by atoms with Crippen LogP contribution in [0.2, 0.25) is 0 Å². The van der Waals surface area contributed by atoms with Crippen LogP contribution in [-0.2, 0) is 14.8 Å². The van der Waals surface area contributed by atoms with Gasteiger partial charge in [-0.2, -0.15) is 0 Å². The summed E-state index contributed by atoms with van der Waals surface area (Å²) in [5.41, 5.74) is 0.243. The molecule has 0 aliphatic carbocycles. The Labute approximate surface area is 155 Å². The van der Waals surface area contributed by atoms with Crippen LogP contribution < -0.4 is 19.5 Å². The number of hydrogen-bond acceptors (Lipinski definition) is 6. The Morgan fingerprint density at radius 3 is 2.36 bits per heavy atom. The molecule has 1 saturated heterocycles. The molecule has 2 N–H and O–H groups in total. The lowest BCUT2D eigenvalue weighted by Gasteiger charge is -2.29. The average Bonchev–Trinajstić information content (AvgIpc) is 3.02. The number of aryl methyl sites for hydroxylation is 1. The van der Waals surface area contributed by atoms with Crippen molar-refractivity contribution >= 4 is 22.4 Å². The van der Waals surface area contributed by atoms with Crippen LogP contribution in [0.15, 0.2) is 17.0 Å². The molecule has 0 saturated carbocycles. The van der Waals surface area contributed by atoms with Gasteiger partial charge in [0.2, 0.25) is 10.0 Å². The third kappa shape index (κ3) is 4.98. The Kier molecular flexibility index (Phi) is 7.95. The lowest BCUT2D eigenvalue weighted by Crippen LogP contribution is -2.52. The van der Waals surface area contributed by atoms with Crippen molar-refractivity contribution in [2.24, 2.45) is 0 Å². The van der Waals surface area contributed by atoms with Crippen LogP contribution in [0.5, 0.6) is 11.5 Å². The van der Waals surface area contributed by atoms with Gasteiger partial charge in [-0.3, -0.25) is 0 Å². The van der Waals surface area contributed by atoms with Gasteiger partial charge in [-0.25, -0.2) is 13.1 Å². The lowest BCUT2D eigenvalue weighted by atomic mass is 9.99. The maximum atomic E-state index is 12.7. The van der Waals surface area contributed by atoms with Gasteiger partial charge in [0.25, 0.3) is 0 Å². The van der Waals surface area contributed by atoms with E-state index >= 15 is 0 Å². The zero-order chi connectivity index (χ0) is 17.8. The molecule has 1 aliphatic rings. The number of rotatable bonds is 8. The molecule has 0 spiro atoms. The number of nitrogens with one attached hydrogen (secondary N) is 2. The van der Waals surface area contributed by atoms with Crippen LogP contribution >= 0.6 is 12.4 Å². The van der Waals surface area contributed by atoms with Crippen LogP contribution in [0, 0.1) is 6.92 Å². The lowest BCUT2D eigenvalue weighted by molar-refractivity contribution is 0.122. The summed E-state index contributed by atoms with van der Waals surface area (Å²) in [5.74, 6) is 0.885. The zero-order valence-corrected chi connectivity index (χ0v) is 16.7. The molecule has 1 heterocycles. The van der Waals surface area contributed by atoms with Crippen LogP contribution in [0.4, 0.5) is 0 Å². The normalized spacial score (nSPS) is 20.2. The van der Waals surface area contributed by atoms with E-state index in [-0.39, 0.29) is 29.4 Å². The topological polar surface area (TPSA) is 85.9 Å². The Morgan fingerprint density at radius 1 is 1.20 bits per heavy atom. The fourth-order valence-electron chi connectivity index (χ4n) is 3.03. The minimum Gasteiger partial charge on any atom is -0.493 e. The summed E-state index contributed by atoms with van der Waals surface area (Å²) in [7, 11) is 0.943. The van der Waals surface area contributed by atoms with Gasteiger partial charge in [-0.1, -0.05) is 0 Å². The third-order valence-corrected chi connectivity index (χ3v) is 5.87. The third-order valence-electron chi connectivity index (χ3n) is 4.32. The van der Waals surface area contributed by atoms with E-state index < -0.39 is 10.0 Å². The minimum absolute atomic E-state index is 0. The predicted octanol–water partition coefficient (Wildman–Crippen LogP) is 1.48. The van der Waals surface area contributed by atoms with E-state index in [1.807, 2.05) is 0 Å². The van der Waals surface area contributed by atoms with Gasteiger partial charge in [0.15, 0.2) is 11.5 Å². The molecule has 25 heavy (non-hydrogen) atoms. The van der Waals surface area contributed by atoms with E-state index in [4.69, 9.17) is 14.2 Å². The van der Waals surface area contributed by atoms with Gasteiger partial charge in [0.1, 0.15) is 0 Å². The fourth-order valence-corrected chi connectivity index (χ4v) is 4.40. The van der Waals surface area contributed by atoms with Crippen molar-refractivity contribution < 1.29 is 22.6 Å². The van der Waals surface area contributed by atoms with E-state index in [1.54, 1.807) is 20.1 Å². The molecule has 2 rings (SSSR count). The molecule has 0 bridgehead atoms. The van der Waals surface area contributed by atoms with E-state index in [0.717, 1.165) is 19.4 Å². The van der Waals surface area contributed by atoms with Gasteiger partial charge >= 0.3 is 0 Å². The van der Waals surface area contributed by atoms with Gasteiger partial charge in [0, 0.05) is 19.7 Å². The van der Waals surface area contributed by atoms with Crippen molar-refractivity contribution in [1.29, 1.82) is 0 Å². The van der Waals surface area contributed by atoms with Crippen LogP contribution in [0.25, 0.3) is 0 Å². The van der Waals surface area contributed by atoms with E-state index in [2.05, 4.69) is 10.0 Å². The summed E-state index contributed by atoms with van der Waals surface area (Å²) in [6.45, 7) is 3.33. The number of halogens is 1. The summed E-state index contributed by atoms with van der Waals surface area (Å²) >= 11 is 0. The standard InChI is InChI=1S/C16H26N2O5S.ClH/c1-12-8-13(22-3)14(23-4)9-15(12)24(19,20)18-10-16(11-21-2)6-5-7-17-16;/h8-9,17-18H,5-7,10-11H2,1-4H3;1H. The van der Waals surface area contributed by atoms with Gasteiger partial charge in [-0.05, 0) is 37.9 Å². The van der Waals surface area contributed by atoms with Gasteiger partial charge < -0.3 is 19.5 Å². The Hall–Kier alpha value is -1.06. The van der Waals surface area contributed by atoms with Crippen molar-refractivity contribution in [3.8, 4) is 11.5 Å². The van der Waals surface area contributed by atoms with Crippen molar-refractivity contribution in [3.05, 3.63) is 17.7 Å². The van der Waals surface area contributed by atoms with Crippen molar-refractivity contribution in [3.63, 3.8) is 0 Å². The molecule has 0 aromatic heterocycles. The van der Waals surface area contributed by atoms with Gasteiger partial charge in [-0.15, -0.1) is 12.4 Å². The maximum absolute atomic E-state index is 12.7. The fraction of sp³-hybridized carbons (Fsp3) is 0.625. The number of hydrogen-bond donors (Lipinski definition) is 2. The van der Waals surface area contributed by atoms with Crippen molar-refractivity contribution in [1.82, 2.24) is 10.0 Å². The monoisotopic (exact) mass is 394 g/mol. The minimum atomic E-state index is -3.67. The predicted molar refractivity (Wildman–Crippen MR) is 98.6 cm³/mol. The summed E-state index contributed by atoms with van der Waals surface area (Å²) in [6, 6.07) is 3.15. The van der Waals surface area contributed by atoms with Gasteiger partial charge in [0.05, 0.1) is 31.3 Å². The molecule has 1 aromatic rings. The number of benzene rings is 1. The molecule has 1 unspecified atom stereocenters. The van der Waals surface area contributed by atoms with E-state index in [1.165, 1.54) is 20.3 Å². The highest BCUT2D eigenvalue weighted by Crippen LogP contribution is 2.32. The molecule has 144 valence electrons. The Balaban J connectivity index is 0.00000312. The molecule has 1 atom stereocenters. The summed E-state index contributed by atoms with van der Waals surface area (Å²) < 4.78 is 43.9. The van der Waals surface area contributed by atoms with Crippen LogP contribution in [0.3, 0.4) is 0 Å².